The molecule has 1 fully saturated rings. The Kier molecular flexibility index (Phi) is 7.50. The first kappa shape index (κ1) is 19.5. The zero-order valence-corrected chi connectivity index (χ0v) is 15.7. The van der Waals surface area contributed by atoms with Gasteiger partial charge < -0.3 is 19.9 Å². The van der Waals surface area contributed by atoms with Crippen molar-refractivity contribution in [1.82, 2.24) is 15.2 Å². The molecule has 0 unspecified atom stereocenters. The zero-order valence-electron chi connectivity index (χ0n) is 15.7. The maximum Gasteiger partial charge on any atom is 0.340 e. The van der Waals surface area contributed by atoms with Gasteiger partial charge in [0.2, 0.25) is 0 Å². The smallest absolute Gasteiger partial charge is 0.340 e. The fourth-order valence-corrected chi connectivity index (χ4v) is 3.44. The van der Waals surface area contributed by atoms with Crippen LogP contribution in [0.1, 0.15) is 71.1 Å². The van der Waals surface area contributed by atoms with E-state index in [2.05, 4.69) is 15.2 Å². The van der Waals surface area contributed by atoms with Crippen LogP contribution in [0.25, 0.3) is 0 Å². The Morgan fingerprint density at radius 2 is 1.84 bits per heavy atom. The van der Waals surface area contributed by atoms with Crippen molar-refractivity contribution in [2.75, 3.05) is 32.8 Å². The molecular formula is C19H31N3O3. The van der Waals surface area contributed by atoms with Crippen molar-refractivity contribution in [2.45, 2.75) is 52.9 Å². The fourth-order valence-electron chi connectivity index (χ4n) is 3.44. The minimum atomic E-state index is -0.381. The molecule has 1 aromatic rings. The highest BCUT2D eigenvalue weighted by atomic mass is 16.5. The molecule has 0 spiro atoms. The fraction of sp³-hybridized carbons (Fsp3) is 0.684. The van der Waals surface area contributed by atoms with Gasteiger partial charge >= 0.3 is 5.97 Å². The Labute approximate surface area is 150 Å². The number of hydrogen-bond acceptors (Lipinski definition) is 4. The number of likely N-dealkylation sites (tertiary alicyclic amines) is 1. The van der Waals surface area contributed by atoms with Crippen LogP contribution in [0.5, 0.6) is 0 Å². The number of nitrogens with zero attached hydrogens (tertiary/aromatic N) is 1. The number of carbonyl (C=O) groups is 2. The molecule has 1 aromatic heterocycles. The summed E-state index contributed by atoms with van der Waals surface area (Å²) in [6.45, 7) is 9.67. The van der Waals surface area contributed by atoms with Gasteiger partial charge in [0.25, 0.3) is 5.91 Å². The molecule has 0 aliphatic carbocycles. The summed E-state index contributed by atoms with van der Waals surface area (Å²) in [5.74, 6) is -0.541. The van der Waals surface area contributed by atoms with Crippen LogP contribution in [0, 0.1) is 13.8 Å². The average Bonchev–Trinajstić information content (AvgIpc) is 2.76. The molecule has 2 rings (SSSR count). The normalized spacial score (nSPS) is 15.6. The van der Waals surface area contributed by atoms with Crippen molar-refractivity contribution in [1.29, 1.82) is 0 Å². The van der Waals surface area contributed by atoms with Crippen molar-refractivity contribution in [3.05, 3.63) is 22.5 Å². The van der Waals surface area contributed by atoms with Gasteiger partial charge in [0.1, 0.15) is 5.69 Å². The number of nitrogens with one attached hydrogen (secondary N) is 2. The van der Waals surface area contributed by atoms with Gasteiger partial charge in [-0.3, -0.25) is 4.79 Å². The van der Waals surface area contributed by atoms with Crippen molar-refractivity contribution in [3.8, 4) is 0 Å². The second-order valence-corrected chi connectivity index (χ2v) is 6.71. The van der Waals surface area contributed by atoms with Crippen molar-refractivity contribution >= 4 is 11.9 Å². The molecular weight excluding hydrogens is 318 g/mol. The molecule has 25 heavy (non-hydrogen) atoms. The number of aromatic nitrogens is 1. The standard InChI is InChI=1S/C19H31N3O3/c1-4-25-19(24)16-14(2)17(21-15(16)3)18(23)20-10-9-13-22-11-7-5-6-8-12-22/h21H,4-13H2,1-3H3,(H,20,23). The largest absolute Gasteiger partial charge is 0.462 e. The average molecular weight is 349 g/mol. The first-order valence-electron chi connectivity index (χ1n) is 9.41. The summed E-state index contributed by atoms with van der Waals surface area (Å²) in [5, 5.41) is 2.96. The lowest BCUT2D eigenvalue weighted by molar-refractivity contribution is 0.0525. The van der Waals surface area contributed by atoms with E-state index in [9.17, 15) is 9.59 Å². The predicted octanol–water partition coefficient (Wildman–Crippen LogP) is 2.80. The topological polar surface area (TPSA) is 74.4 Å². The number of H-pyrrole nitrogens is 1. The van der Waals surface area contributed by atoms with Gasteiger partial charge in [0.15, 0.2) is 0 Å². The molecule has 1 aliphatic rings. The summed E-state index contributed by atoms with van der Waals surface area (Å²) in [7, 11) is 0. The third kappa shape index (κ3) is 5.33. The van der Waals surface area contributed by atoms with Crippen molar-refractivity contribution in [2.24, 2.45) is 0 Å². The predicted molar refractivity (Wildman–Crippen MR) is 98.1 cm³/mol. The van der Waals surface area contributed by atoms with E-state index in [4.69, 9.17) is 4.74 Å². The van der Waals surface area contributed by atoms with Crippen LogP contribution in [-0.4, -0.2) is 54.5 Å². The Bertz CT molecular complexity index is 587. The van der Waals surface area contributed by atoms with Gasteiger partial charge in [-0.2, -0.15) is 0 Å². The molecule has 6 nitrogen and oxygen atoms in total. The van der Waals surface area contributed by atoms with Crippen LogP contribution < -0.4 is 5.32 Å². The Hall–Kier alpha value is -1.82. The Morgan fingerprint density at radius 1 is 1.16 bits per heavy atom. The van der Waals surface area contributed by atoms with Gasteiger partial charge in [-0.1, -0.05) is 12.8 Å². The SMILES string of the molecule is CCOC(=O)c1c(C)[nH]c(C(=O)NCCCN2CCCCCC2)c1C. The lowest BCUT2D eigenvalue weighted by Crippen LogP contribution is -2.31. The second-order valence-electron chi connectivity index (χ2n) is 6.71. The molecule has 0 radical (unpaired) electrons. The Balaban J connectivity index is 1.84. The van der Waals surface area contributed by atoms with E-state index in [1.165, 1.54) is 38.8 Å². The monoisotopic (exact) mass is 349 g/mol. The lowest BCUT2D eigenvalue weighted by atomic mass is 10.1. The van der Waals surface area contributed by atoms with E-state index in [-0.39, 0.29) is 11.9 Å². The summed E-state index contributed by atoms with van der Waals surface area (Å²) < 4.78 is 5.06. The number of esters is 1. The van der Waals surface area contributed by atoms with E-state index < -0.39 is 0 Å². The summed E-state index contributed by atoms with van der Waals surface area (Å²) in [6.07, 6.45) is 6.17. The summed E-state index contributed by atoms with van der Waals surface area (Å²) in [4.78, 5) is 29.9. The van der Waals surface area contributed by atoms with Gasteiger partial charge in [-0.25, -0.2) is 4.79 Å². The maximum absolute atomic E-state index is 12.4. The van der Waals surface area contributed by atoms with E-state index in [1.807, 2.05) is 0 Å². The summed E-state index contributed by atoms with van der Waals surface area (Å²) in [5.41, 5.74) is 2.25. The number of aromatic amines is 1. The van der Waals surface area contributed by atoms with E-state index in [0.717, 1.165) is 13.0 Å². The maximum atomic E-state index is 12.4. The highest BCUT2D eigenvalue weighted by molar-refractivity contribution is 6.00. The quantitative estimate of drug-likeness (QED) is 0.586. The van der Waals surface area contributed by atoms with Gasteiger partial charge in [0, 0.05) is 12.2 Å². The third-order valence-corrected chi connectivity index (χ3v) is 4.78. The number of rotatable bonds is 7. The van der Waals surface area contributed by atoms with Crippen LogP contribution in [0.4, 0.5) is 0 Å². The molecule has 0 saturated carbocycles. The molecule has 2 N–H and O–H groups in total. The number of hydrogen-bond donors (Lipinski definition) is 2. The molecule has 0 bridgehead atoms. The van der Waals surface area contributed by atoms with Crippen molar-refractivity contribution in [3.63, 3.8) is 0 Å². The van der Waals surface area contributed by atoms with Crippen LogP contribution in [-0.2, 0) is 4.74 Å². The molecule has 2 heterocycles. The second kappa shape index (κ2) is 9.61. The molecule has 0 atom stereocenters. The molecule has 1 amide bonds. The first-order valence-corrected chi connectivity index (χ1v) is 9.41. The Morgan fingerprint density at radius 3 is 2.48 bits per heavy atom. The number of amides is 1. The number of carbonyl (C=O) groups excluding carboxylic acids is 2. The molecule has 6 heteroatoms. The highest BCUT2D eigenvalue weighted by Crippen LogP contribution is 2.19. The lowest BCUT2D eigenvalue weighted by Gasteiger charge is -2.19. The third-order valence-electron chi connectivity index (χ3n) is 4.78. The van der Waals surface area contributed by atoms with E-state index in [0.29, 0.717) is 35.7 Å². The minimum absolute atomic E-state index is 0.160. The number of ether oxygens (including phenoxy) is 1. The minimum Gasteiger partial charge on any atom is -0.462 e. The molecule has 140 valence electrons. The van der Waals surface area contributed by atoms with Crippen LogP contribution in [0.3, 0.4) is 0 Å². The van der Waals surface area contributed by atoms with E-state index >= 15 is 0 Å². The van der Waals surface area contributed by atoms with Gasteiger partial charge in [0.05, 0.1) is 12.2 Å². The molecule has 0 aromatic carbocycles. The van der Waals surface area contributed by atoms with Crippen molar-refractivity contribution < 1.29 is 14.3 Å². The summed E-state index contributed by atoms with van der Waals surface area (Å²) >= 11 is 0. The summed E-state index contributed by atoms with van der Waals surface area (Å²) in [6, 6.07) is 0. The van der Waals surface area contributed by atoms with Gasteiger partial charge in [-0.05, 0) is 65.2 Å². The first-order chi connectivity index (χ1) is 12.0. The van der Waals surface area contributed by atoms with Crippen LogP contribution >= 0.6 is 0 Å². The van der Waals surface area contributed by atoms with Crippen LogP contribution in [0.2, 0.25) is 0 Å². The van der Waals surface area contributed by atoms with Crippen LogP contribution in [0.15, 0.2) is 0 Å². The highest BCUT2D eigenvalue weighted by Gasteiger charge is 2.22. The molecule has 1 aliphatic heterocycles. The van der Waals surface area contributed by atoms with Gasteiger partial charge in [-0.15, -0.1) is 0 Å². The van der Waals surface area contributed by atoms with E-state index in [1.54, 1.807) is 20.8 Å². The zero-order chi connectivity index (χ0) is 18.2. The number of aryl methyl sites for hydroxylation is 1. The molecule has 1 saturated heterocycles.